The van der Waals surface area contributed by atoms with E-state index in [9.17, 15) is 13.2 Å². The third-order valence-corrected chi connectivity index (χ3v) is 5.46. The van der Waals surface area contributed by atoms with Gasteiger partial charge in [-0.05, 0) is 50.1 Å². The highest BCUT2D eigenvalue weighted by Crippen LogP contribution is 2.36. The fourth-order valence-corrected chi connectivity index (χ4v) is 3.89. The molecule has 1 unspecified atom stereocenters. The Morgan fingerprint density at radius 2 is 1.77 bits per heavy atom. The van der Waals surface area contributed by atoms with Crippen molar-refractivity contribution < 1.29 is 17.9 Å². The average molecular weight is 374 g/mol. The second-order valence-corrected chi connectivity index (χ2v) is 8.59. The quantitative estimate of drug-likeness (QED) is 0.896. The Balaban J connectivity index is 1.89. The number of anilines is 2. The van der Waals surface area contributed by atoms with Gasteiger partial charge in [0.25, 0.3) is 5.91 Å². The smallest absolute Gasteiger partial charge is 0.267 e. The third kappa shape index (κ3) is 3.67. The summed E-state index contributed by atoms with van der Waals surface area (Å²) in [6.07, 6.45) is 0.199. The molecule has 26 heavy (non-hydrogen) atoms. The van der Waals surface area contributed by atoms with Crippen LogP contribution in [0.15, 0.2) is 36.4 Å². The lowest BCUT2D eigenvalue weighted by Gasteiger charge is -2.34. The Hall–Kier alpha value is -2.54. The fourth-order valence-electron chi connectivity index (χ4n) is 2.98. The number of hydrogen-bond donors (Lipinski definition) is 1. The summed E-state index contributed by atoms with van der Waals surface area (Å²) in [7, 11) is -3.54. The number of fused-ring (bicyclic) bond motifs is 1. The van der Waals surface area contributed by atoms with Crippen LogP contribution in [0.5, 0.6) is 5.75 Å². The van der Waals surface area contributed by atoms with Gasteiger partial charge in [0, 0.05) is 5.69 Å². The highest BCUT2D eigenvalue weighted by molar-refractivity contribution is 7.92. The zero-order valence-corrected chi connectivity index (χ0v) is 16.1. The number of nitrogens with one attached hydrogen (secondary N) is 1. The Morgan fingerprint density at radius 3 is 2.42 bits per heavy atom. The number of hydrogen-bond acceptors (Lipinski definition) is 4. The standard InChI is InChI=1S/C19H22N2O4S/c1-12-5-7-15(14(3)9-12)20-19(22)18-11-21(26(4,23)24)16-10-13(2)6-8-17(16)25-18/h5-10,18H,11H2,1-4H3,(H,20,22). The molecule has 0 spiro atoms. The molecule has 0 aliphatic carbocycles. The van der Waals surface area contributed by atoms with Crippen molar-refractivity contribution in [3.05, 3.63) is 53.1 Å². The molecule has 6 nitrogen and oxygen atoms in total. The van der Waals surface area contributed by atoms with Crippen LogP contribution in [0, 0.1) is 20.8 Å². The second kappa shape index (κ2) is 6.64. The third-order valence-electron chi connectivity index (χ3n) is 4.32. The molecule has 0 saturated carbocycles. The van der Waals surface area contributed by atoms with Crippen LogP contribution in [-0.2, 0) is 14.8 Å². The first kappa shape index (κ1) is 18.3. The first-order chi connectivity index (χ1) is 12.1. The van der Waals surface area contributed by atoms with Crippen LogP contribution in [0.3, 0.4) is 0 Å². The molecule has 1 aliphatic rings. The predicted octanol–water partition coefficient (Wildman–Crippen LogP) is 2.78. The summed E-state index contributed by atoms with van der Waals surface area (Å²) in [4.78, 5) is 12.7. The van der Waals surface area contributed by atoms with Gasteiger partial charge in [-0.3, -0.25) is 9.10 Å². The maximum atomic E-state index is 12.7. The molecule has 0 fully saturated rings. The molecule has 0 bridgehead atoms. The first-order valence-electron chi connectivity index (χ1n) is 8.28. The number of aryl methyl sites for hydroxylation is 3. The van der Waals surface area contributed by atoms with Gasteiger partial charge >= 0.3 is 0 Å². The number of benzene rings is 2. The van der Waals surface area contributed by atoms with Crippen LogP contribution in [0.25, 0.3) is 0 Å². The lowest BCUT2D eigenvalue weighted by molar-refractivity contribution is -0.122. The molecule has 2 aromatic rings. The van der Waals surface area contributed by atoms with Crippen LogP contribution in [0.4, 0.5) is 11.4 Å². The van der Waals surface area contributed by atoms with Gasteiger partial charge in [0.2, 0.25) is 10.0 Å². The predicted molar refractivity (Wildman–Crippen MR) is 102 cm³/mol. The lowest BCUT2D eigenvalue weighted by atomic mass is 10.1. The van der Waals surface area contributed by atoms with E-state index >= 15 is 0 Å². The van der Waals surface area contributed by atoms with E-state index < -0.39 is 16.1 Å². The Labute approximate surface area is 153 Å². The SMILES string of the molecule is Cc1ccc(NC(=O)C2CN(S(C)(=O)=O)c3cc(C)ccc3O2)c(C)c1. The minimum atomic E-state index is -3.54. The van der Waals surface area contributed by atoms with Gasteiger partial charge in [0.15, 0.2) is 6.10 Å². The van der Waals surface area contributed by atoms with Crippen LogP contribution in [-0.4, -0.2) is 33.2 Å². The largest absolute Gasteiger partial charge is 0.476 e. The summed E-state index contributed by atoms with van der Waals surface area (Å²) in [6, 6.07) is 11.0. The molecule has 3 rings (SSSR count). The van der Waals surface area contributed by atoms with E-state index in [0.717, 1.165) is 22.9 Å². The first-order valence-corrected chi connectivity index (χ1v) is 10.1. The van der Waals surface area contributed by atoms with Crippen molar-refractivity contribution >= 4 is 27.3 Å². The van der Waals surface area contributed by atoms with E-state index in [-0.39, 0.29) is 12.5 Å². The number of carbonyl (C=O) groups excluding carboxylic acids is 1. The zero-order chi connectivity index (χ0) is 19.1. The van der Waals surface area contributed by atoms with Crippen molar-refractivity contribution in [2.24, 2.45) is 0 Å². The molecular formula is C19H22N2O4S. The number of amides is 1. The van der Waals surface area contributed by atoms with Crippen molar-refractivity contribution in [1.29, 1.82) is 0 Å². The molecule has 0 saturated heterocycles. The Kier molecular flexibility index (Phi) is 4.66. The molecule has 1 heterocycles. The Bertz CT molecular complexity index is 969. The van der Waals surface area contributed by atoms with Crippen molar-refractivity contribution in [2.45, 2.75) is 26.9 Å². The fraction of sp³-hybridized carbons (Fsp3) is 0.316. The highest BCUT2D eigenvalue weighted by Gasteiger charge is 2.35. The van der Waals surface area contributed by atoms with Crippen molar-refractivity contribution in [3.8, 4) is 5.75 Å². The summed E-state index contributed by atoms with van der Waals surface area (Å²) in [5.41, 5.74) is 4.10. The van der Waals surface area contributed by atoms with Gasteiger partial charge in [0.1, 0.15) is 5.75 Å². The van der Waals surface area contributed by atoms with Crippen LogP contribution < -0.4 is 14.4 Å². The van der Waals surface area contributed by atoms with E-state index in [1.807, 2.05) is 45.0 Å². The monoisotopic (exact) mass is 374 g/mol. The number of sulfonamides is 1. The average Bonchev–Trinajstić information content (AvgIpc) is 2.55. The number of carbonyl (C=O) groups is 1. The molecule has 1 amide bonds. The summed E-state index contributed by atoms with van der Waals surface area (Å²) in [5, 5.41) is 2.84. The van der Waals surface area contributed by atoms with Gasteiger partial charge in [-0.2, -0.15) is 0 Å². The molecule has 1 atom stereocenters. The molecule has 0 radical (unpaired) electrons. The molecule has 1 aliphatic heterocycles. The topological polar surface area (TPSA) is 75.7 Å². The summed E-state index contributed by atoms with van der Waals surface area (Å²) in [6.45, 7) is 5.70. The number of nitrogens with zero attached hydrogens (tertiary/aromatic N) is 1. The summed E-state index contributed by atoms with van der Waals surface area (Å²) < 4.78 is 31.5. The zero-order valence-electron chi connectivity index (χ0n) is 15.2. The summed E-state index contributed by atoms with van der Waals surface area (Å²) >= 11 is 0. The molecular weight excluding hydrogens is 352 g/mol. The Morgan fingerprint density at radius 1 is 1.12 bits per heavy atom. The molecule has 2 aromatic carbocycles. The maximum Gasteiger partial charge on any atom is 0.267 e. The normalized spacial score (nSPS) is 16.6. The van der Waals surface area contributed by atoms with E-state index in [0.29, 0.717) is 17.1 Å². The maximum absolute atomic E-state index is 12.7. The van der Waals surface area contributed by atoms with Crippen LogP contribution in [0.1, 0.15) is 16.7 Å². The van der Waals surface area contributed by atoms with E-state index in [1.165, 1.54) is 4.31 Å². The van der Waals surface area contributed by atoms with E-state index in [1.54, 1.807) is 12.1 Å². The van der Waals surface area contributed by atoms with Crippen molar-refractivity contribution in [2.75, 3.05) is 22.4 Å². The molecule has 138 valence electrons. The molecule has 1 N–H and O–H groups in total. The molecule has 0 aromatic heterocycles. The van der Waals surface area contributed by atoms with Crippen molar-refractivity contribution in [3.63, 3.8) is 0 Å². The van der Waals surface area contributed by atoms with E-state index in [2.05, 4.69) is 5.32 Å². The van der Waals surface area contributed by atoms with Crippen molar-refractivity contribution in [1.82, 2.24) is 0 Å². The summed E-state index contributed by atoms with van der Waals surface area (Å²) in [5.74, 6) is 0.00452. The van der Waals surface area contributed by atoms with Gasteiger partial charge in [-0.1, -0.05) is 23.8 Å². The van der Waals surface area contributed by atoms with Gasteiger partial charge < -0.3 is 10.1 Å². The van der Waals surface area contributed by atoms with Crippen LogP contribution in [0.2, 0.25) is 0 Å². The minimum Gasteiger partial charge on any atom is -0.476 e. The van der Waals surface area contributed by atoms with Crippen LogP contribution >= 0.6 is 0 Å². The highest BCUT2D eigenvalue weighted by atomic mass is 32.2. The van der Waals surface area contributed by atoms with Gasteiger partial charge in [-0.25, -0.2) is 8.42 Å². The minimum absolute atomic E-state index is 0.0635. The van der Waals surface area contributed by atoms with Gasteiger partial charge in [0.05, 0.1) is 18.5 Å². The second-order valence-electron chi connectivity index (χ2n) is 6.68. The lowest BCUT2D eigenvalue weighted by Crippen LogP contribution is -2.48. The number of ether oxygens (including phenoxy) is 1. The molecule has 7 heteroatoms. The van der Waals surface area contributed by atoms with E-state index in [4.69, 9.17) is 4.74 Å². The number of rotatable bonds is 3. The van der Waals surface area contributed by atoms with Gasteiger partial charge in [-0.15, -0.1) is 0 Å².